The largest absolute Gasteiger partial charge is 0.395 e. The number of aliphatic hydroxyl groups excluding tert-OH is 1. The zero-order chi connectivity index (χ0) is 13.4. The van der Waals surface area contributed by atoms with Crippen LogP contribution in [0.5, 0.6) is 0 Å². The lowest BCUT2D eigenvalue weighted by Crippen LogP contribution is -2.22. The first-order chi connectivity index (χ1) is 8.61. The number of benzene rings is 1. The maximum Gasteiger partial charge on any atom is 0.0540 e. The first-order valence-corrected chi connectivity index (χ1v) is 6.49. The topological polar surface area (TPSA) is 23.5 Å². The lowest BCUT2D eigenvalue weighted by atomic mass is 10.1. The fourth-order valence-electron chi connectivity index (χ4n) is 1.97. The van der Waals surface area contributed by atoms with Crippen molar-refractivity contribution in [1.82, 2.24) is 4.90 Å². The van der Waals surface area contributed by atoms with E-state index in [-0.39, 0.29) is 6.61 Å². The van der Waals surface area contributed by atoms with Crippen molar-refractivity contribution in [3.63, 3.8) is 0 Å². The SMILES string of the molecule is CC(C)CN(C)Cc1cccc(C#CCCO)c1. The van der Waals surface area contributed by atoms with Crippen molar-refractivity contribution in [3.8, 4) is 11.8 Å². The molecule has 1 N–H and O–H groups in total. The third-order valence-corrected chi connectivity index (χ3v) is 2.53. The highest BCUT2D eigenvalue weighted by Crippen LogP contribution is 2.08. The Hall–Kier alpha value is -1.30. The van der Waals surface area contributed by atoms with Gasteiger partial charge in [-0.05, 0) is 30.7 Å². The molecule has 0 aliphatic carbocycles. The quantitative estimate of drug-likeness (QED) is 0.806. The van der Waals surface area contributed by atoms with Gasteiger partial charge in [-0.1, -0.05) is 37.8 Å². The summed E-state index contributed by atoms with van der Waals surface area (Å²) >= 11 is 0. The summed E-state index contributed by atoms with van der Waals surface area (Å²) in [5.41, 5.74) is 2.31. The summed E-state index contributed by atoms with van der Waals surface area (Å²) in [6.45, 7) is 6.64. The highest BCUT2D eigenvalue weighted by Gasteiger charge is 2.03. The van der Waals surface area contributed by atoms with Crippen LogP contribution in [0.1, 0.15) is 31.4 Å². The van der Waals surface area contributed by atoms with Crippen LogP contribution >= 0.6 is 0 Å². The molecule has 0 aromatic heterocycles. The molecule has 2 heteroatoms. The second kappa shape index (κ2) is 7.92. The summed E-state index contributed by atoms with van der Waals surface area (Å²) in [5, 5.41) is 8.69. The molecule has 1 rings (SSSR count). The van der Waals surface area contributed by atoms with Gasteiger partial charge in [0.05, 0.1) is 6.61 Å². The molecule has 0 atom stereocenters. The number of hydrogen-bond acceptors (Lipinski definition) is 2. The minimum atomic E-state index is 0.129. The molecule has 0 fully saturated rings. The van der Waals surface area contributed by atoms with Gasteiger partial charge in [0.15, 0.2) is 0 Å². The number of hydrogen-bond donors (Lipinski definition) is 1. The molecular weight excluding hydrogens is 222 g/mol. The van der Waals surface area contributed by atoms with E-state index in [2.05, 4.69) is 49.8 Å². The maximum atomic E-state index is 8.69. The average Bonchev–Trinajstić information content (AvgIpc) is 2.28. The molecular formula is C16H23NO. The molecule has 0 aliphatic heterocycles. The number of aliphatic hydroxyl groups is 1. The fourth-order valence-corrected chi connectivity index (χ4v) is 1.97. The van der Waals surface area contributed by atoms with Crippen LogP contribution in [0.4, 0.5) is 0 Å². The molecule has 0 bridgehead atoms. The summed E-state index contributed by atoms with van der Waals surface area (Å²) in [5.74, 6) is 6.70. The molecule has 0 unspecified atom stereocenters. The maximum absolute atomic E-state index is 8.69. The smallest absolute Gasteiger partial charge is 0.0540 e. The van der Waals surface area contributed by atoms with Crippen LogP contribution in [0.2, 0.25) is 0 Å². The summed E-state index contributed by atoms with van der Waals surface area (Å²) in [4.78, 5) is 2.32. The van der Waals surface area contributed by atoms with Crippen molar-refractivity contribution in [2.24, 2.45) is 5.92 Å². The molecule has 1 aromatic rings. The van der Waals surface area contributed by atoms with Crippen LogP contribution in [0.3, 0.4) is 0 Å². The Morgan fingerprint density at radius 2 is 2.11 bits per heavy atom. The predicted molar refractivity (Wildman–Crippen MR) is 76.2 cm³/mol. The Kier molecular flexibility index (Phi) is 6.49. The fraction of sp³-hybridized carbons (Fsp3) is 0.500. The van der Waals surface area contributed by atoms with Crippen molar-refractivity contribution < 1.29 is 5.11 Å². The first-order valence-electron chi connectivity index (χ1n) is 6.49. The van der Waals surface area contributed by atoms with Crippen LogP contribution in [-0.2, 0) is 6.54 Å². The monoisotopic (exact) mass is 245 g/mol. The molecule has 2 nitrogen and oxygen atoms in total. The minimum absolute atomic E-state index is 0.129. The van der Waals surface area contributed by atoms with Crippen molar-refractivity contribution in [1.29, 1.82) is 0 Å². The van der Waals surface area contributed by atoms with Crippen LogP contribution in [0.15, 0.2) is 24.3 Å². The molecule has 0 saturated carbocycles. The number of nitrogens with zero attached hydrogens (tertiary/aromatic N) is 1. The summed E-state index contributed by atoms with van der Waals surface area (Å²) in [6, 6.07) is 8.31. The van der Waals surface area contributed by atoms with E-state index in [1.54, 1.807) is 0 Å². The van der Waals surface area contributed by atoms with E-state index in [0.29, 0.717) is 12.3 Å². The van der Waals surface area contributed by atoms with E-state index in [1.165, 1.54) is 5.56 Å². The molecule has 98 valence electrons. The average molecular weight is 245 g/mol. The second-order valence-corrected chi connectivity index (χ2v) is 5.07. The Bertz CT molecular complexity index is 415. The molecule has 0 heterocycles. The van der Waals surface area contributed by atoms with E-state index < -0.39 is 0 Å². The molecule has 0 spiro atoms. The molecule has 0 amide bonds. The van der Waals surface area contributed by atoms with Crippen LogP contribution in [0.25, 0.3) is 0 Å². The predicted octanol–water partition coefficient (Wildman–Crippen LogP) is 2.51. The molecule has 1 aromatic carbocycles. The van der Waals surface area contributed by atoms with Crippen molar-refractivity contribution in [3.05, 3.63) is 35.4 Å². The minimum Gasteiger partial charge on any atom is -0.395 e. The zero-order valence-corrected chi connectivity index (χ0v) is 11.6. The van der Waals surface area contributed by atoms with Gasteiger partial charge < -0.3 is 10.0 Å². The molecule has 0 aliphatic rings. The van der Waals surface area contributed by atoms with Gasteiger partial charge >= 0.3 is 0 Å². The van der Waals surface area contributed by atoms with Crippen LogP contribution in [0, 0.1) is 17.8 Å². The Balaban J connectivity index is 2.62. The lowest BCUT2D eigenvalue weighted by Gasteiger charge is -2.18. The van der Waals surface area contributed by atoms with Gasteiger partial charge in [0.2, 0.25) is 0 Å². The lowest BCUT2D eigenvalue weighted by molar-refractivity contribution is 0.288. The second-order valence-electron chi connectivity index (χ2n) is 5.07. The highest BCUT2D eigenvalue weighted by atomic mass is 16.2. The number of rotatable bonds is 5. The van der Waals surface area contributed by atoms with Gasteiger partial charge in [0.25, 0.3) is 0 Å². The standard InChI is InChI=1S/C16H23NO/c1-14(2)12-17(3)13-16-9-6-8-15(11-16)7-4-5-10-18/h6,8-9,11,14,18H,5,10,12-13H2,1-3H3. The van der Waals surface area contributed by atoms with E-state index in [9.17, 15) is 0 Å². The molecule has 0 saturated heterocycles. The van der Waals surface area contributed by atoms with E-state index in [4.69, 9.17) is 5.11 Å². The molecule has 0 radical (unpaired) electrons. The molecule has 18 heavy (non-hydrogen) atoms. The van der Waals surface area contributed by atoms with Gasteiger partial charge in [0.1, 0.15) is 0 Å². The van der Waals surface area contributed by atoms with Gasteiger partial charge in [-0.2, -0.15) is 0 Å². The van der Waals surface area contributed by atoms with Crippen LogP contribution in [-0.4, -0.2) is 30.2 Å². The van der Waals surface area contributed by atoms with Crippen molar-refractivity contribution in [2.45, 2.75) is 26.8 Å². The van der Waals surface area contributed by atoms with Crippen molar-refractivity contribution >= 4 is 0 Å². The van der Waals surface area contributed by atoms with Gasteiger partial charge in [0, 0.05) is 25.1 Å². The van der Waals surface area contributed by atoms with Crippen LogP contribution < -0.4 is 0 Å². The Labute approximate surface area is 111 Å². The van der Waals surface area contributed by atoms with E-state index >= 15 is 0 Å². The summed E-state index contributed by atoms with van der Waals surface area (Å²) in [6.07, 6.45) is 0.539. The van der Waals surface area contributed by atoms with Gasteiger partial charge in [-0.25, -0.2) is 0 Å². The Morgan fingerprint density at radius 3 is 2.78 bits per heavy atom. The van der Waals surface area contributed by atoms with Gasteiger partial charge in [-0.3, -0.25) is 0 Å². The van der Waals surface area contributed by atoms with E-state index in [1.807, 2.05) is 12.1 Å². The third kappa shape index (κ3) is 5.86. The highest BCUT2D eigenvalue weighted by molar-refractivity contribution is 5.37. The van der Waals surface area contributed by atoms with E-state index in [0.717, 1.165) is 18.7 Å². The normalized spacial score (nSPS) is 10.6. The Morgan fingerprint density at radius 1 is 1.33 bits per heavy atom. The first kappa shape index (κ1) is 14.8. The zero-order valence-electron chi connectivity index (χ0n) is 11.6. The summed E-state index contributed by atoms with van der Waals surface area (Å²) < 4.78 is 0. The van der Waals surface area contributed by atoms with Gasteiger partial charge in [-0.15, -0.1) is 0 Å². The third-order valence-electron chi connectivity index (χ3n) is 2.53. The summed E-state index contributed by atoms with van der Waals surface area (Å²) in [7, 11) is 2.14. The van der Waals surface area contributed by atoms with Crippen molar-refractivity contribution in [2.75, 3.05) is 20.2 Å².